The molecule has 0 radical (unpaired) electrons. The number of nitrogens with one attached hydrogen (secondary N) is 1. The first kappa shape index (κ1) is 22.0. The van der Waals surface area contributed by atoms with Gasteiger partial charge in [0, 0.05) is 6.20 Å². The van der Waals surface area contributed by atoms with Crippen LogP contribution in [0.4, 0.5) is 13.2 Å². The monoisotopic (exact) mass is 462 g/mol. The zero-order valence-corrected chi connectivity index (χ0v) is 16.8. The highest BCUT2D eigenvalue weighted by molar-refractivity contribution is 7.89. The molecule has 0 amide bonds. The molecule has 13 heteroatoms. The summed E-state index contributed by atoms with van der Waals surface area (Å²) in [6.07, 6.45) is -3.92. The number of esters is 1. The Kier molecular flexibility index (Phi) is 6.01. The second-order valence-corrected chi connectivity index (χ2v) is 8.13. The van der Waals surface area contributed by atoms with E-state index in [0.29, 0.717) is 6.07 Å². The van der Waals surface area contributed by atoms with Crippen molar-refractivity contribution in [3.8, 4) is 0 Å². The summed E-state index contributed by atoms with van der Waals surface area (Å²) in [5.41, 5.74) is -0.898. The van der Waals surface area contributed by atoms with Crippen molar-refractivity contribution in [1.29, 1.82) is 0 Å². The number of fused-ring (bicyclic) bond motifs is 1. The Hall–Kier alpha value is -2.70. The molecule has 0 unspecified atom stereocenters. The molecule has 0 saturated heterocycles. The minimum atomic E-state index is -4.65. The number of aromatic nitrogens is 3. The van der Waals surface area contributed by atoms with Crippen molar-refractivity contribution in [2.24, 2.45) is 0 Å². The van der Waals surface area contributed by atoms with Gasteiger partial charge in [-0.2, -0.15) is 13.2 Å². The van der Waals surface area contributed by atoms with Gasteiger partial charge in [0.05, 0.1) is 34.2 Å². The Balaban J connectivity index is 1.83. The number of benzene rings is 1. The van der Waals surface area contributed by atoms with Gasteiger partial charge in [-0.25, -0.2) is 17.9 Å². The molecule has 1 aromatic carbocycles. The van der Waals surface area contributed by atoms with E-state index < -0.39 is 34.3 Å². The molecule has 2 heterocycles. The molecule has 0 saturated carbocycles. The molecule has 0 bridgehead atoms. The van der Waals surface area contributed by atoms with E-state index in [1.165, 1.54) is 24.3 Å². The summed E-state index contributed by atoms with van der Waals surface area (Å²) in [6, 6.07) is 5.69. The standard InChI is InChI=1S/C17H14ClF3N4O4S/c1-2-29-16(26)10-3-5-12(6-4-10)30(27,28)22-8-14-23-24-15-13(18)7-11(9-25(14)15)17(19,20)21/h3-7,9,22H,2,8H2,1H3. The Labute approximate surface area is 173 Å². The Morgan fingerprint density at radius 2 is 1.90 bits per heavy atom. The maximum absolute atomic E-state index is 13.0. The molecule has 0 aliphatic heterocycles. The van der Waals surface area contributed by atoms with Crippen LogP contribution in [0.15, 0.2) is 41.4 Å². The topological polar surface area (TPSA) is 103 Å². The third-order valence-electron chi connectivity index (χ3n) is 3.95. The van der Waals surface area contributed by atoms with Gasteiger partial charge < -0.3 is 4.74 Å². The van der Waals surface area contributed by atoms with E-state index in [4.69, 9.17) is 16.3 Å². The van der Waals surface area contributed by atoms with Gasteiger partial charge in [-0.05, 0) is 37.3 Å². The van der Waals surface area contributed by atoms with E-state index in [-0.39, 0.29) is 33.6 Å². The molecule has 2 aromatic heterocycles. The van der Waals surface area contributed by atoms with Crippen molar-refractivity contribution in [2.45, 2.75) is 24.5 Å². The Morgan fingerprint density at radius 1 is 1.23 bits per heavy atom. The molecule has 0 aliphatic rings. The van der Waals surface area contributed by atoms with Crippen LogP contribution in [0.2, 0.25) is 5.02 Å². The summed E-state index contributed by atoms with van der Waals surface area (Å²) in [5.74, 6) is -0.689. The van der Waals surface area contributed by atoms with E-state index in [2.05, 4.69) is 14.9 Å². The highest BCUT2D eigenvalue weighted by atomic mass is 35.5. The molecular weight excluding hydrogens is 449 g/mol. The van der Waals surface area contributed by atoms with Crippen LogP contribution in [0.5, 0.6) is 0 Å². The number of nitrogens with zero attached hydrogens (tertiary/aromatic N) is 3. The zero-order valence-electron chi connectivity index (χ0n) is 15.3. The lowest BCUT2D eigenvalue weighted by Crippen LogP contribution is -2.24. The maximum Gasteiger partial charge on any atom is 0.417 e. The lowest BCUT2D eigenvalue weighted by Gasteiger charge is -2.10. The molecule has 0 fully saturated rings. The van der Waals surface area contributed by atoms with E-state index in [0.717, 1.165) is 10.6 Å². The Bertz CT molecular complexity index is 1190. The first-order chi connectivity index (χ1) is 14.0. The van der Waals surface area contributed by atoms with E-state index in [1.807, 2.05) is 0 Å². The summed E-state index contributed by atoms with van der Waals surface area (Å²) in [6.45, 7) is 1.37. The fourth-order valence-corrected chi connectivity index (χ4v) is 3.73. The van der Waals surface area contributed by atoms with E-state index in [1.54, 1.807) is 6.92 Å². The first-order valence-corrected chi connectivity index (χ1v) is 10.3. The predicted molar refractivity (Wildman–Crippen MR) is 99.4 cm³/mol. The third-order valence-corrected chi connectivity index (χ3v) is 5.65. The van der Waals surface area contributed by atoms with Crippen molar-refractivity contribution in [3.05, 3.63) is 58.5 Å². The number of ether oxygens (including phenoxy) is 1. The number of carbonyl (C=O) groups excluding carboxylic acids is 1. The molecule has 1 N–H and O–H groups in total. The van der Waals surface area contributed by atoms with Crippen LogP contribution in [0.25, 0.3) is 5.65 Å². The number of hydrogen-bond donors (Lipinski definition) is 1. The largest absolute Gasteiger partial charge is 0.462 e. The first-order valence-electron chi connectivity index (χ1n) is 8.40. The average molecular weight is 463 g/mol. The molecule has 0 atom stereocenters. The molecule has 3 aromatic rings. The van der Waals surface area contributed by atoms with Crippen LogP contribution in [0.1, 0.15) is 28.7 Å². The normalized spacial score (nSPS) is 12.3. The number of carbonyl (C=O) groups is 1. The highest BCUT2D eigenvalue weighted by Gasteiger charge is 2.32. The molecule has 160 valence electrons. The number of rotatable bonds is 6. The summed E-state index contributed by atoms with van der Waals surface area (Å²) >= 11 is 5.83. The molecule has 3 rings (SSSR count). The quantitative estimate of drug-likeness (QED) is 0.565. The van der Waals surface area contributed by atoms with Crippen LogP contribution < -0.4 is 4.72 Å². The van der Waals surface area contributed by atoms with Crippen LogP contribution in [0.3, 0.4) is 0 Å². The maximum atomic E-state index is 13.0. The lowest BCUT2D eigenvalue weighted by molar-refractivity contribution is -0.137. The predicted octanol–water partition coefficient (Wildman–Crippen LogP) is 3.06. The lowest BCUT2D eigenvalue weighted by atomic mass is 10.2. The number of hydrogen-bond acceptors (Lipinski definition) is 6. The Morgan fingerprint density at radius 3 is 2.50 bits per heavy atom. The summed E-state index contributed by atoms with van der Waals surface area (Å²) < 4.78 is 72.0. The zero-order chi connectivity index (χ0) is 22.1. The number of halogens is 4. The van der Waals surface area contributed by atoms with Crippen molar-refractivity contribution in [3.63, 3.8) is 0 Å². The SMILES string of the molecule is CCOC(=O)c1ccc(S(=O)(=O)NCc2nnc3c(Cl)cc(C(F)(F)F)cn23)cc1. The summed E-state index contributed by atoms with van der Waals surface area (Å²) in [4.78, 5) is 11.5. The summed E-state index contributed by atoms with van der Waals surface area (Å²) in [7, 11) is -4.05. The smallest absolute Gasteiger partial charge is 0.417 e. The van der Waals surface area contributed by atoms with Gasteiger partial charge in [-0.1, -0.05) is 11.6 Å². The van der Waals surface area contributed by atoms with E-state index >= 15 is 0 Å². The molecule has 30 heavy (non-hydrogen) atoms. The number of sulfonamides is 1. The average Bonchev–Trinajstić information content (AvgIpc) is 3.10. The van der Waals surface area contributed by atoms with Crippen molar-refractivity contribution in [1.82, 2.24) is 19.3 Å². The fraction of sp³-hybridized carbons (Fsp3) is 0.235. The van der Waals surface area contributed by atoms with Gasteiger partial charge in [0.15, 0.2) is 11.5 Å². The van der Waals surface area contributed by atoms with Gasteiger partial charge in [0.25, 0.3) is 0 Å². The summed E-state index contributed by atoms with van der Waals surface area (Å²) in [5, 5.41) is 7.12. The van der Waals surface area contributed by atoms with Gasteiger partial charge in [-0.3, -0.25) is 4.40 Å². The number of alkyl halides is 3. The van der Waals surface area contributed by atoms with E-state index in [9.17, 15) is 26.4 Å². The van der Waals surface area contributed by atoms with Crippen molar-refractivity contribution >= 4 is 33.2 Å². The minimum Gasteiger partial charge on any atom is -0.462 e. The van der Waals surface area contributed by atoms with Crippen LogP contribution in [-0.2, 0) is 27.5 Å². The molecule has 8 nitrogen and oxygen atoms in total. The van der Waals surface area contributed by atoms with Crippen molar-refractivity contribution in [2.75, 3.05) is 6.61 Å². The van der Waals surface area contributed by atoms with Crippen molar-refractivity contribution < 1.29 is 31.1 Å². The number of pyridine rings is 1. The molecule has 0 spiro atoms. The second-order valence-electron chi connectivity index (χ2n) is 5.95. The minimum absolute atomic E-state index is 0.0438. The van der Waals surface area contributed by atoms with Gasteiger partial charge in [-0.15, -0.1) is 10.2 Å². The van der Waals surface area contributed by atoms with Gasteiger partial charge >= 0.3 is 12.1 Å². The molecule has 0 aliphatic carbocycles. The second kappa shape index (κ2) is 8.20. The van der Waals surface area contributed by atoms with Crippen LogP contribution >= 0.6 is 11.6 Å². The fourth-order valence-electron chi connectivity index (χ4n) is 2.50. The van der Waals surface area contributed by atoms with Crippen LogP contribution in [0, 0.1) is 0 Å². The highest BCUT2D eigenvalue weighted by Crippen LogP contribution is 2.32. The van der Waals surface area contributed by atoms with Gasteiger partial charge in [0.2, 0.25) is 10.0 Å². The van der Waals surface area contributed by atoms with Crippen LogP contribution in [-0.4, -0.2) is 35.6 Å². The third kappa shape index (κ3) is 4.55. The van der Waals surface area contributed by atoms with Gasteiger partial charge in [0.1, 0.15) is 0 Å². The molecular formula is C17H14ClF3N4O4S.